The third kappa shape index (κ3) is 84.4. The zero-order valence-corrected chi connectivity index (χ0v) is 18.2. The zero-order valence-electron chi connectivity index (χ0n) is 17.3. The predicted molar refractivity (Wildman–Crippen MR) is 121 cm³/mol. The smallest absolute Gasteiger partial charge is 0.00934 e. The molecule has 0 aliphatic carbocycles. The van der Waals surface area contributed by atoms with Gasteiger partial charge in [-0.25, -0.2) is 0 Å². The summed E-state index contributed by atoms with van der Waals surface area (Å²) >= 11 is 1.71. The van der Waals surface area contributed by atoms with Crippen LogP contribution in [0.5, 0.6) is 0 Å². The lowest BCUT2D eigenvalue weighted by molar-refractivity contribution is 0.736. The molecule has 2 aromatic rings. The fourth-order valence-electron chi connectivity index (χ4n) is 0.612. The van der Waals surface area contributed by atoms with Crippen molar-refractivity contribution >= 4 is 11.3 Å². The van der Waals surface area contributed by atoms with Gasteiger partial charge in [0.05, 0.1) is 0 Å². The first kappa shape index (κ1) is 34.3. The van der Waals surface area contributed by atoms with E-state index in [2.05, 4.69) is 41.5 Å². The third-order valence-corrected chi connectivity index (χ3v) is 1.72. The summed E-state index contributed by atoms with van der Waals surface area (Å²) in [7, 11) is 0. The minimum absolute atomic E-state index is 0. The van der Waals surface area contributed by atoms with E-state index in [1.807, 2.05) is 87.0 Å². The minimum atomic E-state index is 0. The van der Waals surface area contributed by atoms with Crippen LogP contribution in [-0.2, 0) is 0 Å². The Bertz CT molecular complexity index is 254. The fraction of sp³-hybridized carbons (Fsp3) is 0.565. The Kier molecular flexibility index (Phi) is 54.1. The summed E-state index contributed by atoms with van der Waals surface area (Å²) < 4.78 is 0. The van der Waals surface area contributed by atoms with Gasteiger partial charge in [-0.2, -0.15) is 11.3 Å². The average molecular weight is 355 g/mol. The summed E-state index contributed by atoms with van der Waals surface area (Å²) in [6, 6.07) is 16.0. The van der Waals surface area contributed by atoms with Crippen molar-refractivity contribution in [3.63, 3.8) is 0 Å². The van der Waals surface area contributed by atoms with E-state index in [-0.39, 0.29) is 7.43 Å². The van der Waals surface area contributed by atoms with Crippen LogP contribution in [-0.4, -0.2) is 0 Å². The Balaban J connectivity index is -0.0000000625. The van der Waals surface area contributed by atoms with E-state index >= 15 is 0 Å². The Morgan fingerprint density at radius 2 is 0.625 bits per heavy atom. The molecular weight excluding hydrogens is 308 g/mol. The lowest BCUT2D eigenvalue weighted by atomic mass is 10.3. The van der Waals surface area contributed by atoms with Gasteiger partial charge in [0.15, 0.2) is 0 Å². The molecule has 0 aliphatic heterocycles. The largest absolute Gasteiger partial charge is 0.152 e. The fourth-order valence-corrected chi connectivity index (χ4v) is 1.07. The van der Waals surface area contributed by atoms with E-state index in [0.29, 0.717) is 0 Å². The average Bonchev–Trinajstić information content (AvgIpc) is 3.11. The van der Waals surface area contributed by atoms with Crippen LogP contribution < -0.4 is 0 Å². The van der Waals surface area contributed by atoms with Crippen LogP contribution in [0.15, 0.2) is 59.3 Å². The first-order chi connectivity index (χ1) is 11.0. The molecule has 0 aliphatic rings. The lowest BCUT2D eigenvalue weighted by Crippen LogP contribution is -1.66. The molecule has 144 valence electrons. The molecule has 1 aromatic heterocycles. The van der Waals surface area contributed by atoms with Gasteiger partial charge in [-0.1, -0.05) is 125 Å². The van der Waals surface area contributed by atoms with Crippen LogP contribution in [0.4, 0.5) is 0 Å². The van der Waals surface area contributed by atoms with Crippen LogP contribution in [0.2, 0.25) is 0 Å². The molecule has 0 saturated carbocycles. The zero-order chi connectivity index (χ0) is 18.9. The molecule has 1 heteroatoms. The Morgan fingerprint density at radius 1 is 0.458 bits per heavy atom. The standard InChI is InChI=1S/C6H6.C4H4S.2C4H10.2C2H6.CH4/c1-2-4-6-5-3-1;1-2-4-5-3-1;2*1-4(2)3;2*1-2;/h1-6H;1-4H;2*4H,1-3H3;2*1-2H3;1H4. The summed E-state index contributed by atoms with van der Waals surface area (Å²) in [5, 5.41) is 4.08. The van der Waals surface area contributed by atoms with Gasteiger partial charge in [0, 0.05) is 0 Å². The second kappa shape index (κ2) is 37.9. The number of hydrogen-bond donors (Lipinski definition) is 0. The summed E-state index contributed by atoms with van der Waals surface area (Å²) in [6.45, 7) is 21.0. The van der Waals surface area contributed by atoms with Crippen LogP contribution >= 0.6 is 11.3 Å². The molecular formula is C23H46S. The summed E-state index contributed by atoms with van der Waals surface area (Å²) in [6.07, 6.45) is 0. The van der Waals surface area contributed by atoms with E-state index in [9.17, 15) is 0 Å². The van der Waals surface area contributed by atoms with Crippen LogP contribution in [0, 0.1) is 11.8 Å². The van der Waals surface area contributed by atoms with Crippen molar-refractivity contribution in [2.45, 2.75) is 76.7 Å². The van der Waals surface area contributed by atoms with Gasteiger partial charge in [0.25, 0.3) is 0 Å². The van der Waals surface area contributed by atoms with Crippen molar-refractivity contribution in [3.05, 3.63) is 59.3 Å². The van der Waals surface area contributed by atoms with E-state index in [4.69, 9.17) is 0 Å². The lowest BCUT2D eigenvalue weighted by Gasteiger charge is -1.79. The highest BCUT2D eigenvalue weighted by atomic mass is 32.1. The van der Waals surface area contributed by atoms with Crippen LogP contribution in [0.3, 0.4) is 0 Å². The maximum atomic E-state index is 2.17. The Hall–Kier alpha value is -1.08. The number of benzene rings is 1. The molecule has 0 fully saturated rings. The molecule has 0 unspecified atom stereocenters. The summed E-state index contributed by atoms with van der Waals surface area (Å²) in [5.41, 5.74) is 0. The first-order valence-corrected chi connectivity index (χ1v) is 9.88. The summed E-state index contributed by atoms with van der Waals surface area (Å²) in [4.78, 5) is 0. The number of rotatable bonds is 0. The molecule has 0 atom stereocenters. The molecule has 24 heavy (non-hydrogen) atoms. The van der Waals surface area contributed by atoms with Gasteiger partial charge < -0.3 is 0 Å². The van der Waals surface area contributed by atoms with Gasteiger partial charge in [0.1, 0.15) is 0 Å². The highest BCUT2D eigenvalue weighted by Gasteiger charge is 1.68. The number of thiophene rings is 1. The van der Waals surface area contributed by atoms with Gasteiger partial charge in [-0.05, 0) is 22.6 Å². The maximum Gasteiger partial charge on any atom is -0.00934 e. The van der Waals surface area contributed by atoms with Gasteiger partial charge in [-0.3, -0.25) is 0 Å². The molecule has 0 bridgehead atoms. The van der Waals surface area contributed by atoms with Gasteiger partial charge in [-0.15, -0.1) is 0 Å². The SMILES string of the molecule is C.CC.CC.CC(C)C.CC(C)C.c1ccccc1.c1ccsc1. The van der Waals surface area contributed by atoms with E-state index in [0.717, 1.165) is 11.8 Å². The molecule has 2 rings (SSSR count). The Labute approximate surface area is 159 Å². The second-order valence-electron chi connectivity index (χ2n) is 5.41. The molecule has 0 nitrogen and oxygen atoms in total. The van der Waals surface area contributed by atoms with Crippen LogP contribution in [0.1, 0.15) is 76.7 Å². The first-order valence-electron chi connectivity index (χ1n) is 8.94. The predicted octanol–water partition coefficient (Wildman–Crippen LogP) is 9.45. The van der Waals surface area contributed by atoms with Crippen molar-refractivity contribution in [2.75, 3.05) is 0 Å². The molecule has 0 N–H and O–H groups in total. The highest BCUT2D eigenvalue weighted by Crippen LogP contribution is 1.91. The van der Waals surface area contributed by atoms with Gasteiger partial charge >= 0.3 is 0 Å². The van der Waals surface area contributed by atoms with E-state index in [1.165, 1.54) is 0 Å². The molecule has 0 spiro atoms. The highest BCUT2D eigenvalue weighted by molar-refractivity contribution is 7.07. The van der Waals surface area contributed by atoms with E-state index in [1.54, 1.807) is 11.3 Å². The van der Waals surface area contributed by atoms with Crippen molar-refractivity contribution in [2.24, 2.45) is 11.8 Å². The molecule has 0 amide bonds. The van der Waals surface area contributed by atoms with E-state index < -0.39 is 0 Å². The molecule has 0 radical (unpaired) electrons. The van der Waals surface area contributed by atoms with Crippen molar-refractivity contribution in [3.8, 4) is 0 Å². The van der Waals surface area contributed by atoms with Gasteiger partial charge in [0.2, 0.25) is 0 Å². The summed E-state index contributed by atoms with van der Waals surface area (Å²) in [5.74, 6) is 1.67. The van der Waals surface area contributed by atoms with Crippen LogP contribution in [0.25, 0.3) is 0 Å². The van der Waals surface area contributed by atoms with Crippen molar-refractivity contribution in [1.82, 2.24) is 0 Å². The second-order valence-corrected chi connectivity index (χ2v) is 6.23. The Morgan fingerprint density at radius 3 is 0.708 bits per heavy atom. The van der Waals surface area contributed by atoms with Crippen molar-refractivity contribution < 1.29 is 0 Å². The number of hydrogen-bond acceptors (Lipinski definition) is 1. The monoisotopic (exact) mass is 354 g/mol. The normalized spacial score (nSPS) is 7.17. The minimum Gasteiger partial charge on any atom is -0.152 e. The third-order valence-electron chi connectivity index (χ3n) is 1.09. The molecule has 1 heterocycles. The quantitative estimate of drug-likeness (QED) is 0.442. The topological polar surface area (TPSA) is 0 Å². The van der Waals surface area contributed by atoms with Crippen molar-refractivity contribution in [1.29, 1.82) is 0 Å². The molecule has 0 saturated heterocycles. The maximum absolute atomic E-state index is 2.17. The molecule has 1 aromatic carbocycles.